The van der Waals surface area contributed by atoms with Crippen molar-refractivity contribution >= 4 is 23.4 Å². The smallest absolute Gasteiger partial charge is 0.206 e. The van der Waals surface area contributed by atoms with Gasteiger partial charge in [-0.15, -0.1) is 0 Å². The van der Waals surface area contributed by atoms with Gasteiger partial charge in [0.15, 0.2) is 0 Å². The van der Waals surface area contributed by atoms with Gasteiger partial charge in [0.1, 0.15) is 5.82 Å². The maximum absolute atomic E-state index is 13.0. The molecule has 0 aromatic heterocycles. The van der Waals surface area contributed by atoms with E-state index < -0.39 is 28.0 Å². The van der Waals surface area contributed by atoms with Crippen molar-refractivity contribution in [3.63, 3.8) is 0 Å². The van der Waals surface area contributed by atoms with Crippen LogP contribution in [-0.2, 0) is 0 Å². The summed E-state index contributed by atoms with van der Waals surface area (Å²) >= 11 is 5.04. The van der Waals surface area contributed by atoms with Crippen molar-refractivity contribution in [3.8, 4) is 0 Å². The largest absolute Gasteiger partial charge is 0.446 e. The van der Waals surface area contributed by atoms with Gasteiger partial charge in [-0.05, 0) is 36.4 Å². The van der Waals surface area contributed by atoms with Crippen molar-refractivity contribution < 1.29 is 17.6 Å². The van der Waals surface area contributed by atoms with Crippen molar-refractivity contribution in [1.29, 1.82) is 0 Å². The second-order valence-corrected chi connectivity index (χ2v) is 4.09. The Hall–Kier alpha value is -0.420. The number of hydrogen-bond acceptors (Lipinski definition) is 1. The fraction of sp³-hybridized carbons (Fsp3) is 0.250. The zero-order chi connectivity index (χ0) is 10.9. The van der Waals surface area contributed by atoms with Gasteiger partial charge in [0, 0.05) is 5.02 Å². The van der Waals surface area contributed by atoms with E-state index >= 15 is 0 Å². The Bertz CT molecular complexity index is 348. The number of alkyl halides is 3. The molecule has 6 heteroatoms. The van der Waals surface area contributed by atoms with Crippen molar-refractivity contribution in [2.24, 2.45) is 0 Å². The number of hydrogen-bond donors (Lipinski definition) is 0. The fourth-order valence-electron chi connectivity index (χ4n) is 0.834. The van der Waals surface area contributed by atoms with E-state index in [0.717, 1.165) is 12.1 Å². The molecule has 0 unspecified atom stereocenters. The Balaban J connectivity index is 3.04. The van der Waals surface area contributed by atoms with E-state index in [9.17, 15) is 17.6 Å². The van der Waals surface area contributed by atoms with E-state index in [4.69, 9.17) is 11.6 Å². The van der Waals surface area contributed by atoms with Crippen LogP contribution >= 0.6 is 23.4 Å². The zero-order valence-corrected chi connectivity index (χ0v) is 8.53. The first-order valence-corrected chi connectivity index (χ1v) is 4.70. The molecule has 0 radical (unpaired) electrons. The summed E-state index contributed by atoms with van der Waals surface area (Å²) in [6, 6.07) is 1.96. The molecule has 0 amide bonds. The maximum atomic E-state index is 13.0. The SMILES string of the molecule is Cc1cc(SC(F)(F)F)c(F)cc1Cl. The van der Waals surface area contributed by atoms with Gasteiger partial charge in [0.25, 0.3) is 0 Å². The molecule has 78 valence electrons. The van der Waals surface area contributed by atoms with Crippen LogP contribution in [0.15, 0.2) is 17.0 Å². The third-order valence-electron chi connectivity index (χ3n) is 1.44. The van der Waals surface area contributed by atoms with Crippen LogP contribution in [0.3, 0.4) is 0 Å². The van der Waals surface area contributed by atoms with Crippen molar-refractivity contribution in [1.82, 2.24) is 0 Å². The monoisotopic (exact) mass is 244 g/mol. The van der Waals surface area contributed by atoms with Gasteiger partial charge in [-0.1, -0.05) is 11.6 Å². The van der Waals surface area contributed by atoms with Gasteiger partial charge >= 0.3 is 5.51 Å². The molecule has 1 aromatic rings. The third kappa shape index (κ3) is 3.06. The zero-order valence-electron chi connectivity index (χ0n) is 6.95. The fourth-order valence-corrected chi connectivity index (χ4v) is 1.63. The number of rotatable bonds is 1. The molecular weight excluding hydrogens is 240 g/mol. The quantitative estimate of drug-likeness (QED) is 0.521. The lowest BCUT2D eigenvalue weighted by Gasteiger charge is -2.08. The molecule has 0 aliphatic heterocycles. The summed E-state index contributed by atoms with van der Waals surface area (Å²) in [6.45, 7) is 1.52. The van der Waals surface area contributed by atoms with E-state index in [1.165, 1.54) is 6.92 Å². The molecule has 0 saturated heterocycles. The highest BCUT2D eigenvalue weighted by atomic mass is 35.5. The Morgan fingerprint density at radius 1 is 1.29 bits per heavy atom. The summed E-state index contributed by atoms with van der Waals surface area (Å²) in [5, 5.41) is 0.119. The van der Waals surface area contributed by atoms with E-state index in [1.807, 2.05) is 0 Å². The lowest BCUT2D eigenvalue weighted by Crippen LogP contribution is -2.00. The second kappa shape index (κ2) is 3.98. The highest BCUT2D eigenvalue weighted by Gasteiger charge is 2.30. The van der Waals surface area contributed by atoms with Crippen LogP contribution in [0.1, 0.15) is 5.56 Å². The van der Waals surface area contributed by atoms with Crippen molar-refractivity contribution in [2.45, 2.75) is 17.3 Å². The average Bonchev–Trinajstić information content (AvgIpc) is 1.97. The summed E-state index contributed by atoms with van der Waals surface area (Å²) in [7, 11) is 0. The van der Waals surface area contributed by atoms with Gasteiger partial charge in [-0.25, -0.2) is 4.39 Å². The predicted octanol–water partition coefficient (Wildman–Crippen LogP) is 4.40. The van der Waals surface area contributed by atoms with E-state index in [-0.39, 0.29) is 5.02 Å². The molecule has 0 saturated carbocycles. The van der Waals surface area contributed by atoms with Crippen LogP contribution in [-0.4, -0.2) is 5.51 Å². The van der Waals surface area contributed by atoms with E-state index in [0.29, 0.717) is 5.56 Å². The molecule has 0 atom stereocenters. The standard InChI is InChI=1S/C8H5ClF4S/c1-4-2-7(14-8(11,12)13)6(10)3-5(4)9/h2-3H,1H3. The minimum absolute atomic E-state index is 0.119. The third-order valence-corrected chi connectivity index (χ3v) is 2.61. The normalized spacial score (nSPS) is 11.9. The Morgan fingerprint density at radius 3 is 2.36 bits per heavy atom. The average molecular weight is 245 g/mol. The van der Waals surface area contributed by atoms with E-state index in [2.05, 4.69) is 0 Å². The van der Waals surface area contributed by atoms with Crippen molar-refractivity contribution in [3.05, 3.63) is 28.5 Å². The first kappa shape index (κ1) is 11.7. The number of benzene rings is 1. The lowest BCUT2D eigenvalue weighted by molar-refractivity contribution is -0.0329. The Labute approximate surface area is 87.2 Å². The first-order chi connectivity index (χ1) is 6.29. The van der Waals surface area contributed by atoms with Gasteiger partial charge in [0.05, 0.1) is 4.90 Å². The van der Waals surface area contributed by atoms with Crippen LogP contribution in [0.25, 0.3) is 0 Å². The molecule has 1 rings (SSSR count). The molecule has 0 spiro atoms. The molecule has 0 heterocycles. The van der Waals surface area contributed by atoms with Gasteiger partial charge < -0.3 is 0 Å². The predicted molar refractivity (Wildman–Crippen MR) is 48.1 cm³/mol. The minimum atomic E-state index is -4.49. The molecule has 0 aliphatic rings. The highest BCUT2D eigenvalue weighted by molar-refractivity contribution is 8.00. The van der Waals surface area contributed by atoms with Crippen LogP contribution in [0.5, 0.6) is 0 Å². The van der Waals surface area contributed by atoms with Crippen LogP contribution in [0.4, 0.5) is 17.6 Å². The molecular formula is C8H5ClF4S. The summed E-state index contributed by atoms with van der Waals surface area (Å²) < 4.78 is 48.7. The van der Waals surface area contributed by atoms with Gasteiger partial charge in [-0.2, -0.15) is 13.2 Å². The van der Waals surface area contributed by atoms with Crippen LogP contribution < -0.4 is 0 Å². The molecule has 14 heavy (non-hydrogen) atoms. The maximum Gasteiger partial charge on any atom is 0.446 e. The summed E-state index contributed by atoms with van der Waals surface area (Å²) in [4.78, 5) is -0.459. The Morgan fingerprint density at radius 2 is 1.86 bits per heavy atom. The molecule has 0 aliphatic carbocycles. The van der Waals surface area contributed by atoms with Gasteiger partial charge in [-0.3, -0.25) is 0 Å². The van der Waals surface area contributed by atoms with Crippen LogP contribution in [0.2, 0.25) is 5.02 Å². The van der Waals surface area contributed by atoms with Crippen molar-refractivity contribution in [2.75, 3.05) is 0 Å². The summed E-state index contributed by atoms with van der Waals surface area (Å²) in [5.74, 6) is -0.956. The number of halogens is 5. The first-order valence-electron chi connectivity index (χ1n) is 3.51. The second-order valence-electron chi connectivity index (χ2n) is 2.58. The highest BCUT2D eigenvalue weighted by Crippen LogP contribution is 2.39. The lowest BCUT2D eigenvalue weighted by atomic mass is 10.2. The number of aryl methyl sites for hydroxylation is 1. The van der Waals surface area contributed by atoms with Gasteiger partial charge in [0.2, 0.25) is 0 Å². The topological polar surface area (TPSA) is 0 Å². The summed E-state index contributed by atoms with van der Waals surface area (Å²) in [5.41, 5.74) is -4.07. The molecule has 0 bridgehead atoms. The Kier molecular flexibility index (Phi) is 3.32. The minimum Gasteiger partial charge on any atom is -0.206 e. The molecule has 1 aromatic carbocycles. The van der Waals surface area contributed by atoms with Crippen LogP contribution in [0, 0.1) is 12.7 Å². The molecule has 0 N–H and O–H groups in total. The molecule has 0 nitrogen and oxygen atoms in total. The number of thioether (sulfide) groups is 1. The van der Waals surface area contributed by atoms with E-state index in [1.54, 1.807) is 0 Å². The summed E-state index contributed by atoms with van der Waals surface area (Å²) in [6.07, 6.45) is 0. The molecule has 0 fully saturated rings.